The van der Waals surface area contributed by atoms with Crippen LogP contribution < -0.4 is 14.9 Å². The van der Waals surface area contributed by atoms with E-state index >= 15 is 0 Å². The van der Waals surface area contributed by atoms with E-state index in [0.717, 1.165) is 17.6 Å². The Morgan fingerprint density at radius 1 is 0.971 bits per heavy atom. The third kappa shape index (κ3) is 5.35. The number of pyridine rings is 1. The van der Waals surface area contributed by atoms with Gasteiger partial charge in [0.15, 0.2) is 5.82 Å². The summed E-state index contributed by atoms with van der Waals surface area (Å²) in [6, 6.07) is 4.75. The van der Waals surface area contributed by atoms with E-state index in [-0.39, 0.29) is 17.3 Å². The molecule has 0 aliphatic carbocycles. The zero-order valence-electron chi connectivity index (χ0n) is 22.8. The number of nitrogens with one attached hydrogen (secondary N) is 2. The van der Waals surface area contributed by atoms with Gasteiger partial charge in [0, 0.05) is 59.0 Å². The fraction of sp³-hybridized carbons (Fsp3) is 0.273. The first kappa shape index (κ1) is 20.3. The van der Waals surface area contributed by atoms with Crippen molar-refractivity contribution in [3.8, 4) is 11.1 Å². The average Bonchev–Trinajstić information content (AvgIpc) is 3.11. The van der Waals surface area contributed by atoms with Gasteiger partial charge in [-0.2, -0.15) is 5.10 Å². The quantitative estimate of drug-likeness (QED) is 0.391. The Morgan fingerprint density at radius 2 is 1.71 bits per heavy atom. The Balaban J connectivity index is 1.77. The van der Waals surface area contributed by atoms with Gasteiger partial charge in [-0.15, -0.1) is 0 Å². The smallest absolute Gasteiger partial charge is 0.232 e. The average molecular weight is 498 g/mol. The van der Waals surface area contributed by atoms with Crippen LogP contribution in [0, 0.1) is 20.8 Å². The summed E-state index contributed by atoms with van der Waals surface area (Å²) in [6.07, 6.45) is 5.21. The van der Waals surface area contributed by atoms with Crippen molar-refractivity contribution in [1.82, 2.24) is 34.7 Å². The number of hydrogen-bond acceptors (Lipinski definition) is 10. The number of aromatic nitrogens is 7. The van der Waals surface area contributed by atoms with Gasteiger partial charge in [0.1, 0.15) is 29.6 Å². The molecular formula is C22H26N10O2S. The summed E-state index contributed by atoms with van der Waals surface area (Å²) in [5, 5.41) is 10.2. The van der Waals surface area contributed by atoms with Gasteiger partial charge in [-0.25, -0.2) is 33.3 Å². The Kier molecular flexibility index (Phi) is 5.36. The van der Waals surface area contributed by atoms with Crippen LogP contribution in [0.15, 0.2) is 36.9 Å². The van der Waals surface area contributed by atoms with Gasteiger partial charge in [0.25, 0.3) is 0 Å². The molecule has 4 heterocycles. The lowest BCUT2D eigenvalue weighted by Crippen LogP contribution is -2.26. The van der Waals surface area contributed by atoms with Crippen molar-refractivity contribution in [3.05, 3.63) is 54.1 Å². The molecule has 0 aromatic carbocycles. The second-order valence-corrected chi connectivity index (χ2v) is 9.70. The van der Waals surface area contributed by atoms with Gasteiger partial charge in [-0.1, -0.05) is 0 Å². The van der Waals surface area contributed by atoms with Crippen molar-refractivity contribution < 1.29 is 12.5 Å². The fourth-order valence-electron chi connectivity index (χ4n) is 3.34. The summed E-state index contributed by atoms with van der Waals surface area (Å²) in [5.41, 5.74) is 2.56. The van der Waals surface area contributed by atoms with Crippen LogP contribution in [0.2, 0.25) is 0 Å². The van der Waals surface area contributed by atoms with E-state index in [2.05, 4.69) is 40.7 Å². The van der Waals surface area contributed by atoms with Crippen LogP contribution in [0.25, 0.3) is 11.1 Å². The standard InChI is InChI=1S/C22H26N10O2S/c1-13-7-21(28-15(3)27-13)29-19-9-20(25-12-24-19)30-22-18(32(5)35(6,33)34)8-16(10-23-22)17-11-26-31(4)14(17)2/h7-12H,1-6H3,(H2,23,24,25,27,28,29,30)/i5D3. The molecule has 0 aliphatic heterocycles. The maximum Gasteiger partial charge on any atom is 0.232 e. The predicted octanol–water partition coefficient (Wildman–Crippen LogP) is 2.87. The largest absolute Gasteiger partial charge is 0.325 e. The molecule has 0 amide bonds. The Bertz CT molecular complexity index is 1590. The van der Waals surface area contributed by atoms with E-state index in [1.165, 1.54) is 18.6 Å². The number of anilines is 5. The van der Waals surface area contributed by atoms with E-state index in [9.17, 15) is 8.42 Å². The van der Waals surface area contributed by atoms with E-state index in [0.29, 0.717) is 32.9 Å². The molecule has 2 N–H and O–H groups in total. The molecule has 0 saturated heterocycles. The molecule has 0 saturated carbocycles. The number of nitrogens with zero attached hydrogens (tertiary/aromatic N) is 8. The summed E-state index contributed by atoms with van der Waals surface area (Å²) in [6.45, 7) is 2.43. The molecule has 0 aliphatic rings. The Hall–Kier alpha value is -4.13. The van der Waals surface area contributed by atoms with Crippen LogP contribution in [-0.2, 0) is 17.1 Å². The van der Waals surface area contributed by atoms with Crippen molar-refractivity contribution in [2.75, 3.05) is 28.2 Å². The zero-order chi connectivity index (χ0) is 27.8. The zero-order valence-corrected chi connectivity index (χ0v) is 20.6. The molecule has 182 valence electrons. The van der Waals surface area contributed by atoms with Crippen molar-refractivity contribution in [2.45, 2.75) is 20.8 Å². The monoisotopic (exact) mass is 497 g/mol. The highest BCUT2D eigenvalue weighted by atomic mass is 32.2. The van der Waals surface area contributed by atoms with Gasteiger partial charge in [-0.05, 0) is 26.8 Å². The van der Waals surface area contributed by atoms with E-state index in [1.807, 2.05) is 13.8 Å². The SMILES string of the molecule is [2H]C([2H])([2H])N(c1cc(-c2cnn(C)c2C)cnc1Nc1cc(Nc2cc(C)nc(C)n2)ncn1)S(C)(=O)=O. The van der Waals surface area contributed by atoms with Gasteiger partial charge in [0.05, 0.1) is 18.1 Å². The lowest BCUT2D eigenvalue weighted by molar-refractivity contribution is 0.600. The molecule has 0 unspecified atom stereocenters. The minimum Gasteiger partial charge on any atom is -0.325 e. The van der Waals surface area contributed by atoms with Crippen molar-refractivity contribution in [3.63, 3.8) is 0 Å². The Labute approximate surface area is 207 Å². The first-order valence-corrected chi connectivity index (χ1v) is 12.2. The molecule has 4 rings (SSSR count). The van der Waals surface area contributed by atoms with Gasteiger partial charge < -0.3 is 10.6 Å². The molecule has 0 fully saturated rings. The van der Waals surface area contributed by atoms with E-state index in [1.54, 1.807) is 37.0 Å². The number of aryl methyl sites for hydroxylation is 3. The van der Waals surface area contributed by atoms with Crippen LogP contribution in [0.4, 0.5) is 29.0 Å². The molecule has 0 bridgehead atoms. The highest BCUT2D eigenvalue weighted by molar-refractivity contribution is 7.92. The van der Waals surface area contributed by atoms with Crippen LogP contribution in [-0.4, -0.2) is 56.3 Å². The van der Waals surface area contributed by atoms with Crippen molar-refractivity contribution in [2.24, 2.45) is 7.05 Å². The summed E-state index contributed by atoms with van der Waals surface area (Å²) in [7, 11) is -2.48. The molecular weight excluding hydrogens is 468 g/mol. The molecule has 13 heteroatoms. The summed E-state index contributed by atoms with van der Waals surface area (Å²) < 4.78 is 51.1. The molecule has 4 aromatic rings. The fourth-order valence-corrected chi connectivity index (χ4v) is 3.84. The highest BCUT2D eigenvalue weighted by Crippen LogP contribution is 2.33. The maximum atomic E-state index is 12.7. The lowest BCUT2D eigenvalue weighted by Gasteiger charge is -2.21. The Morgan fingerprint density at radius 3 is 2.34 bits per heavy atom. The van der Waals surface area contributed by atoms with E-state index in [4.69, 9.17) is 4.11 Å². The minimum atomic E-state index is -4.24. The van der Waals surface area contributed by atoms with E-state index < -0.39 is 17.0 Å². The van der Waals surface area contributed by atoms with Crippen LogP contribution in [0.3, 0.4) is 0 Å². The predicted molar refractivity (Wildman–Crippen MR) is 135 cm³/mol. The lowest BCUT2D eigenvalue weighted by atomic mass is 10.1. The normalized spacial score (nSPS) is 13.0. The number of hydrogen-bond donors (Lipinski definition) is 2. The second kappa shape index (κ2) is 9.25. The first-order valence-electron chi connectivity index (χ1n) is 11.9. The maximum absolute atomic E-state index is 12.7. The van der Waals surface area contributed by atoms with Crippen molar-refractivity contribution in [1.29, 1.82) is 0 Å². The van der Waals surface area contributed by atoms with Gasteiger partial charge in [-0.3, -0.25) is 8.99 Å². The van der Waals surface area contributed by atoms with Crippen LogP contribution in [0.1, 0.15) is 21.3 Å². The second-order valence-electron chi connectivity index (χ2n) is 7.87. The summed E-state index contributed by atoms with van der Waals surface area (Å²) in [5.74, 6) is 1.71. The number of sulfonamides is 1. The van der Waals surface area contributed by atoms with Crippen molar-refractivity contribution >= 4 is 39.0 Å². The molecule has 0 radical (unpaired) electrons. The molecule has 0 atom stereocenters. The summed E-state index contributed by atoms with van der Waals surface area (Å²) in [4.78, 5) is 21.3. The minimum absolute atomic E-state index is 0.0322. The highest BCUT2D eigenvalue weighted by Gasteiger charge is 2.20. The molecule has 12 nitrogen and oxygen atoms in total. The van der Waals surface area contributed by atoms with Gasteiger partial charge in [0.2, 0.25) is 10.0 Å². The third-order valence-corrected chi connectivity index (χ3v) is 5.96. The van der Waals surface area contributed by atoms with Crippen LogP contribution in [0.5, 0.6) is 0 Å². The molecule has 0 spiro atoms. The number of rotatable bonds is 7. The molecule has 4 aromatic heterocycles. The summed E-state index contributed by atoms with van der Waals surface area (Å²) >= 11 is 0. The topological polar surface area (TPSA) is 144 Å². The molecule has 35 heavy (non-hydrogen) atoms. The first-order chi connectivity index (χ1) is 17.7. The third-order valence-electron chi connectivity index (χ3n) is 5.10. The van der Waals surface area contributed by atoms with Gasteiger partial charge >= 0.3 is 0 Å². The van der Waals surface area contributed by atoms with Crippen LogP contribution >= 0.6 is 0 Å².